The molecule has 0 aromatic carbocycles. The van der Waals surface area contributed by atoms with E-state index in [9.17, 15) is 4.79 Å². The summed E-state index contributed by atoms with van der Waals surface area (Å²) in [6.07, 6.45) is 2.06. The summed E-state index contributed by atoms with van der Waals surface area (Å²) in [4.78, 5) is 13.6. The van der Waals surface area contributed by atoms with E-state index >= 15 is 0 Å². The van der Waals surface area contributed by atoms with Gasteiger partial charge in [-0.2, -0.15) is 0 Å². The second-order valence-corrected chi connectivity index (χ2v) is 5.16. The van der Waals surface area contributed by atoms with Crippen molar-refractivity contribution in [3.8, 4) is 0 Å². The van der Waals surface area contributed by atoms with E-state index in [2.05, 4.69) is 17.3 Å². The molecule has 1 fully saturated rings. The van der Waals surface area contributed by atoms with Crippen molar-refractivity contribution >= 4 is 6.09 Å². The molecule has 1 N–H and O–H groups in total. The van der Waals surface area contributed by atoms with Crippen LogP contribution in [-0.2, 0) is 4.74 Å². The number of likely N-dealkylation sites (N-methyl/N-ethyl adjacent to an activating group) is 1. The standard InChI is InChI=1S/C11H22N2O2/c1-11(2,3)15-10(14)12-8-9-6-5-7-13(9)4/h9H,5-8H2,1-4H3,(H,12,14)/t9-/m0/s1. The van der Waals surface area contributed by atoms with Crippen LogP contribution in [0.25, 0.3) is 0 Å². The van der Waals surface area contributed by atoms with Crippen LogP contribution in [-0.4, -0.2) is 42.8 Å². The summed E-state index contributed by atoms with van der Waals surface area (Å²) in [6, 6.07) is 0.470. The van der Waals surface area contributed by atoms with Crippen LogP contribution in [0, 0.1) is 0 Å². The Morgan fingerprint density at radius 1 is 1.53 bits per heavy atom. The van der Waals surface area contributed by atoms with Crippen LogP contribution >= 0.6 is 0 Å². The minimum absolute atomic E-state index is 0.317. The predicted octanol–water partition coefficient (Wildman–Crippen LogP) is 1.61. The van der Waals surface area contributed by atoms with Crippen LogP contribution in [0.3, 0.4) is 0 Å². The van der Waals surface area contributed by atoms with Gasteiger partial charge in [0.2, 0.25) is 0 Å². The van der Waals surface area contributed by atoms with Crippen LogP contribution in [0.4, 0.5) is 4.79 Å². The fourth-order valence-corrected chi connectivity index (χ4v) is 1.75. The fraction of sp³-hybridized carbons (Fsp3) is 0.909. The van der Waals surface area contributed by atoms with Crippen LogP contribution in [0.1, 0.15) is 33.6 Å². The second-order valence-electron chi connectivity index (χ2n) is 5.16. The molecule has 1 aliphatic heterocycles. The van der Waals surface area contributed by atoms with Crippen molar-refractivity contribution in [2.24, 2.45) is 0 Å². The highest BCUT2D eigenvalue weighted by Gasteiger charge is 2.22. The SMILES string of the molecule is CN1CCC[C@H]1CNC(=O)OC(C)(C)C. The highest BCUT2D eigenvalue weighted by Crippen LogP contribution is 2.13. The molecule has 88 valence electrons. The van der Waals surface area contributed by atoms with Crippen LogP contribution < -0.4 is 5.32 Å². The van der Waals surface area contributed by atoms with Gasteiger partial charge in [-0.05, 0) is 47.2 Å². The number of likely N-dealkylation sites (tertiary alicyclic amines) is 1. The number of alkyl carbamates (subject to hydrolysis) is 1. The van der Waals surface area contributed by atoms with E-state index in [1.165, 1.54) is 6.42 Å². The number of hydrogen-bond donors (Lipinski definition) is 1. The van der Waals surface area contributed by atoms with Crippen LogP contribution in [0.2, 0.25) is 0 Å². The number of hydrogen-bond acceptors (Lipinski definition) is 3. The van der Waals surface area contributed by atoms with Crippen LogP contribution in [0.15, 0.2) is 0 Å². The zero-order valence-electron chi connectivity index (χ0n) is 10.2. The Bertz CT molecular complexity index is 223. The average Bonchev–Trinajstić information content (AvgIpc) is 2.44. The first-order valence-electron chi connectivity index (χ1n) is 5.55. The van der Waals surface area contributed by atoms with Crippen molar-refractivity contribution in [1.82, 2.24) is 10.2 Å². The maximum atomic E-state index is 11.4. The van der Waals surface area contributed by atoms with Crippen molar-refractivity contribution in [1.29, 1.82) is 0 Å². The molecule has 0 aromatic heterocycles. The maximum Gasteiger partial charge on any atom is 0.407 e. The number of carbonyl (C=O) groups is 1. The predicted molar refractivity (Wildman–Crippen MR) is 59.9 cm³/mol. The first kappa shape index (κ1) is 12.3. The highest BCUT2D eigenvalue weighted by molar-refractivity contribution is 5.67. The molecule has 0 aromatic rings. The summed E-state index contributed by atoms with van der Waals surface area (Å²) >= 11 is 0. The van der Waals surface area contributed by atoms with Gasteiger partial charge >= 0.3 is 6.09 Å². The summed E-state index contributed by atoms with van der Waals surface area (Å²) in [7, 11) is 2.09. The smallest absolute Gasteiger partial charge is 0.407 e. The average molecular weight is 214 g/mol. The highest BCUT2D eigenvalue weighted by atomic mass is 16.6. The molecule has 15 heavy (non-hydrogen) atoms. The van der Waals surface area contributed by atoms with Gasteiger partial charge < -0.3 is 15.0 Å². The van der Waals surface area contributed by atoms with Gasteiger partial charge in [-0.1, -0.05) is 0 Å². The third-order valence-electron chi connectivity index (χ3n) is 2.55. The molecular weight excluding hydrogens is 192 g/mol. The van der Waals surface area contributed by atoms with Gasteiger partial charge in [-0.25, -0.2) is 4.79 Å². The molecule has 0 saturated carbocycles. The molecular formula is C11H22N2O2. The molecule has 0 bridgehead atoms. The van der Waals surface area contributed by atoms with E-state index in [-0.39, 0.29) is 6.09 Å². The Kier molecular flexibility index (Phi) is 3.97. The van der Waals surface area contributed by atoms with Gasteiger partial charge in [0.15, 0.2) is 0 Å². The number of ether oxygens (including phenoxy) is 1. The molecule has 0 unspecified atom stereocenters. The lowest BCUT2D eigenvalue weighted by molar-refractivity contribution is 0.0516. The number of nitrogens with zero attached hydrogens (tertiary/aromatic N) is 1. The molecule has 4 heteroatoms. The van der Waals surface area contributed by atoms with Crippen molar-refractivity contribution < 1.29 is 9.53 Å². The Labute approximate surface area is 92.0 Å². The monoisotopic (exact) mass is 214 g/mol. The number of nitrogens with one attached hydrogen (secondary N) is 1. The molecule has 0 radical (unpaired) electrons. The Hall–Kier alpha value is -0.770. The summed E-state index contributed by atoms with van der Waals surface area (Å²) in [6.45, 7) is 7.42. The van der Waals surface area contributed by atoms with Gasteiger partial charge in [-0.3, -0.25) is 0 Å². The van der Waals surface area contributed by atoms with E-state index in [4.69, 9.17) is 4.74 Å². The van der Waals surface area contributed by atoms with Gasteiger partial charge in [0.25, 0.3) is 0 Å². The normalized spacial score (nSPS) is 22.8. The Morgan fingerprint density at radius 3 is 2.67 bits per heavy atom. The lowest BCUT2D eigenvalue weighted by Gasteiger charge is -2.23. The van der Waals surface area contributed by atoms with Crippen molar-refractivity contribution in [2.75, 3.05) is 20.1 Å². The van der Waals surface area contributed by atoms with Crippen molar-refractivity contribution in [2.45, 2.75) is 45.3 Å². The summed E-state index contributed by atoms with van der Waals surface area (Å²) in [5.41, 5.74) is -0.411. The first-order chi connectivity index (χ1) is 6.88. The van der Waals surface area contributed by atoms with Crippen LogP contribution in [0.5, 0.6) is 0 Å². The van der Waals surface area contributed by atoms with Gasteiger partial charge in [-0.15, -0.1) is 0 Å². The molecule has 1 atom stereocenters. The molecule has 1 heterocycles. The molecule has 0 spiro atoms. The van der Waals surface area contributed by atoms with Gasteiger partial charge in [0, 0.05) is 12.6 Å². The van der Waals surface area contributed by atoms with E-state index in [0.717, 1.165) is 13.0 Å². The Morgan fingerprint density at radius 2 is 2.20 bits per heavy atom. The zero-order valence-corrected chi connectivity index (χ0v) is 10.2. The summed E-state index contributed by atoms with van der Waals surface area (Å²) < 4.78 is 5.16. The van der Waals surface area contributed by atoms with E-state index in [0.29, 0.717) is 12.6 Å². The summed E-state index contributed by atoms with van der Waals surface area (Å²) in [5, 5.41) is 2.81. The third kappa shape index (κ3) is 4.51. The number of rotatable bonds is 2. The molecule has 1 rings (SSSR count). The Balaban J connectivity index is 2.22. The largest absolute Gasteiger partial charge is 0.444 e. The molecule has 4 nitrogen and oxygen atoms in total. The lowest BCUT2D eigenvalue weighted by atomic mass is 10.2. The van der Waals surface area contributed by atoms with Gasteiger partial charge in [0.1, 0.15) is 5.60 Å². The first-order valence-corrected chi connectivity index (χ1v) is 5.55. The minimum Gasteiger partial charge on any atom is -0.444 e. The topological polar surface area (TPSA) is 41.6 Å². The second kappa shape index (κ2) is 4.84. The van der Waals surface area contributed by atoms with Crippen molar-refractivity contribution in [3.63, 3.8) is 0 Å². The number of amides is 1. The van der Waals surface area contributed by atoms with E-state index < -0.39 is 5.60 Å². The fourth-order valence-electron chi connectivity index (χ4n) is 1.75. The molecule has 1 aliphatic rings. The molecule has 1 amide bonds. The quantitative estimate of drug-likeness (QED) is 0.759. The molecule has 1 saturated heterocycles. The van der Waals surface area contributed by atoms with E-state index in [1.54, 1.807) is 0 Å². The lowest BCUT2D eigenvalue weighted by Crippen LogP contribution is -2.40. The summed E-state index contributed by atoms with van der Waals surface area (Å²) in [5.74, 6) is 0. The number of carbonyl (C=O) groups excluding carboxylic acids is 1. The van der Waals surface area contributed by atoms with Gasteiger partial charge in [0.05, 0.1) is 0 Å². The van der Waals surface area contributed by atoms with Crippen molar-refractivity contribution in [3.05, 3.63) is 0 Å². The minimum atomic E-state index is -0.411. The maximum absolute atomic E-state index is 11.4. The van der Waals surface area contributed by atoms with E-state index in [1.807, 2.05) is 20.8 Å². The zero-order chi connectivity index (χ0) is 11.5. The third-order valence-corrected chi connectivity index (χ3v) is 2.55. The molecule has 0 aliphatic carbocycles.